The van der Waals surface area contributed by atoms with Gasteiger partial charge in [-0.15, -0.1) is 0 Å². The Balaban J connectivity index is 2.04. The Morgan fingerprint density at radius 2 is 1.76 bits per heavy atom. The molecule has 0 saturated heterocycles. The van der Waals surface area contributed by atoms with E-state index in [4.69, 9.17) is 14.2 Å². The van der Waals surface area contributed by atoms with Gasteiger partial charge in [0.1, 0.15) is 17.1 Å². The second-order valence-electron chi connectivity index (χ2n) is 8.09. The fourth-order valence-electron chi connectivity index (χ4n) is 3.30. The Morgan fingerprint density at radius 1 is 1.00 bits per heavy atom. The van der Waals surface area contributed by atoms with Gasteiger partial charge in [0.05, 0.1) is 26.4 Å². The Hall–Kier alpha value is -3.02. The largest absolute Gasteiger partial charge is 0.497 e. The zero-order chi connectivity index (χ0) is 24.1. The Bertz CT molecular complexity index is 896. The van der Waals surface area contributed by atoms with Crippen LogP contribution in [-0.2, 0) is 16.0 Å². The van der Waals surface area contributed by atoms with Crippen LogP contribution in [0.2, 0.25) is 0 Å². The van der Waals surface area contributed by atoms with Gasteiger partial charge in [-0.1, -0.05) is 44.9 Å². The van der Waals surface area contributed by atoms with E-state index in [2.05, 4.69) is 12.2 Å². The number of carbonyl (C=O) groups excluding carboxylic acids is 2. The first-order valence-corrected chi connectivity index (χ1v) is 11.8. The first-order valence-electron chi connectivity index (χ1n) is 11.8. The number of unbranched alkanes of at least 4 members (excludes halogenated alkanes) is 2. The lowest BCUT2D eigenvalue weighted by Gasteiger charge is -2.17. The molecule has 1 N–H and O–H groups in total. The molecule has 0 heterocycles. The maximum Gasteiger partial charge on any atom is 0.341 e. The molecule has 1 amide bonds. The van der Waals surface area contributed by atoms with Crippen LogP contribution in [0.15, 0.2) is 42.5 Å². The normalized spacial score (nSPS) is 11.5. The molecule has 0 fully saturated rings. The Morgan fingerprint density at radius 3 is 2.48 bits per heavy atom. The maximum atomic E-state index is 12.7. The van der Waals surface area contributed by atoms with Crippen LogP contribution in [0.5, 0.6) is 11.5 Å². The van der Waals surface area contributed by atoms with Crippen LogP contribution in [0.1, 0.15) is 80.4 Å². The molecule has 0 aliphatic carbocycles. The lowest BCUT2D eigenvalue weighted by molar-refractivity contribution is -0.121. The van der Waals surface area contributed by atoms with Gasteiger partial charge in [-0.05, 0) is 61.6 Å². The maximum absolute atomic E-state index is 12.7. The van der Waals surface area contributed by atoms with E-state index in [1.807, 2.05) is 44.2 Å². The zero-order valence-corrected chi connectivity index (χ0v) is 20.3. The molecule has 0 aromatic heterocycles. The van der Waals surface area contributed by atoms with Crippen LogP contribution >= 0.6 is 0 Å². The van der Waals surface area contributed by atoms with Gasteiger partial charge in [0.15, 0.2) is 0 Å². The highest BCUT2D eigenvalue weighted by atomic mass is 16.5. The number of carbonyl (C=O) groups is 2. The van der Waals surface area contributed by atoms with Crippen LogP contribution in [0.4, 0.5) is 0 Å². The fourth-order valence-corrected chi connectivity index (χ4v) is 3.30. The molecule has 2 rings (SSSR count). The molecule has 0 spiro atoms. The number of hydrogen-bond donors (Lipinski definition) is 1. The predicted molar refractivity (Wildman–Crippen MR) is 130 cm³/mol. The minimum atomic E-state index is -0.395. The first-order chi connectivity index (χ1) is 16.0. The number of methoxy groups -OCH3 is 1. The van der Waals surface area contributed by atoms with Gasteiger partial charge >= 0.3 is 5.97 Å². The third kappa shape index (κ3) is 8.79. The van der Waals surface area contributed by atoms with E-state index in [1.165, 1.54) is 0 Å². The topological polar surface area (TPSA) is 73.9 Å². The zero-order valence-electron chi connectivity index (χ0n) is 20.3. The number of aryl methyl sites for hydroxylation is 1. The summed E-state index contributed by atoms with van der Waals surface area (Å²) in [5.74, 6) is 0.847. The molecule has 6 heteroatoms. The van der Waals surface area contributed by atoms with Crippen LogP contribution in [0, 0.1) is 0 Å². The van der Waals surface area contributed by atoms with Gasteiger partial charge in [-0.2, -0.15) is 0 Å². The number of esters is 1. The van der Waals surface area contributed by atoms with Gasteiger partial charge in [-0.3, -0.25) is 4.79 Å². The Labute approximate surface area is 197 Å². The van der Waals surface area contributed by atoms with Crippen molar-refractivity contribution in [2.24, 2.45) is 0 Å². The van der Waals surface area contributed by atoms with Gasteiger partial charge in [0.25, 0.3) is 0 Å². The highest BCUT2D eigenvalue weighted by molar-refractivity contribution is 5.92. The van der Waals surface area contributed by atoms with E-state index in [9.17, 15) is 9.59 Å². The number of hydrogen-bond acceptors (Lipinski definition) is 5. The van der Waals surface area contributed by atoms with Crippen LogP contribution in [0.3, 0.4) is 0 Å². The molecular formula is C27H37NO5. The van der Waals surface area contributed by atoms with Crippen molar-refractivity contribution < 1.29 is 23.8 Å². The quantitative estimate of drug-likeness (QED) is 0.295. The molecule has 0 saturated carbocycles. The van der Waals surface area contributed by atoms with Crippen molar-refractivity contribution in [3.63, 3.8) is 0 Å². The monoisotopic (exact) mass is 455 g/mol. The lowest BCUT2D eigenvalue weighted by atomic mass is 10.0. The van der Waals surface area contributed by atoms with Crippen molar-refractivity contribution in [3.8, 4) is 11.5 Å². The van der Waals surface area contributed by atoms with E-state index >= 15 is 0 Å². The minimum absolute atomic E-state index is 0.0549. The van der Waals surface area contributed by atoms with Crippen molar-refractivity contribution in [2.75, 3.05) is 20.3 Å². The van der Waals surface area contributed by atoms with Crippen LogP contribution in [0.25, 0.3) is 0 Å². The Kier molecular flexibility index (Phi) is 11.3. The highest BCUT2D eigenvalue weighted by Gasteiger charge is 2.18. The first kappa shape index (κ1) is 26.2. The molecule has 0 radical (unpaired) electrons. The summed E-state index contributed by atoms with van der Waals surface area (Å²) in [6, 6.07) is 12.9. The van der Waals surface area contributed by atoms with Gasteiger partial charge < -0.3 is 19.5 Å². The number of ether oxygens (including phenoxy) is 3. The van der Waals surface area contributed by atoms with Gasteiger partial charge in [-0.25, -0.2) is 4.79 Å². The molecule has 0 bridgehead atoms. The smallest absolute Gasteiger partial charge is 0.341 e. The second-order valence-corrected chi connectivity index (χ2v) is 8.09. The molecule has 6 nitrogen and oxygen atoms in total. The SMILES string of the molecule is CCCCOC(=O)c1cc(C(C)NC(=O)CCc2cccc(OC)c2)ccc1OCCCC. The molecule has 2 aromatic rings. The predicted octanol–water partition coefficient (Wildman–Crippen LogP) is 5.64. The standard InChI is InChI=1S/C27H37NO5/c1-5-7-16-32-25-14-13-22(19-24(25)27(30)33-17-8-6-2)20(3)28-26(29)15-12-21-10-9-11-23(18-21)31-4/h9-11,13-14,18-20H,5-8,12,15-17H2,1-4H3,(H,28,29). The van der Waals surface area contributed by atoms with Crippen LogP contribution < -0.4 is 14.8 Å². The van der Waals surface area contributed by atoms with Crippen molar-refractivity contribution in [1.29, 1.82) is 0 Å². The molecule has 0 aliphatic heterocycles. The summed E-state index contributed by atoms with van der Waals surface area (Å²) in [4.78, 5) is 25.2. The average Bonchev–Trinajstić information content (AvgIpc) is 2.83. The minimum Gasteiger partial charge on any atom is -0.497 e. The molecule has 33 heavy (non-hydrogen) atoms. The van der Waals surface area contributed by atoms with E-state index in [1.54, 1.807) is 19.2 Å². The van der Waals surface area contributed by atoms with E-state index in [-0.39, 0.29) is 11.9 Å². The average molecular weight is 456 g/mol. The van der Waals surface area contributed by atoms with Crippen molar-refractivity contribution in [2.45, 2.75) is 65.3 Å². The summed E-state index contributed by atoms with van der Waals surface area (Å²) >= 11 is 0. The molecule has 2 aromatic carbocycles. The van der Waals surface area contributed by atoms with Gasteiger partial charge in [0.2, 0.25) is 5.91 Å². The number of amides is 1. The molecule has 180 valence electrons. The molecule has 0 aliphatic rings. The van der Waals surface area contributed by atoms with E-state index in [0.717, 1.165) is 42.6 Å². The summed E-state index contributed by atoms with van der Waals surface area (Å²) in [7, 11) is 1.63. The molecular weight excluding hydrogens is 418 g/mol. The van der Waals surface area contributed by atoms with E-state index in [0.29, 0.717) is 37.4 Å². The number of benzene rings is 2. The molecule has 1 atom stereocenters. The summed E-state index contributed by atoms with van der Waals surface area (Å²) in [6.07, 6.45) is 4.67. The summed E-state index contributed by atoms with van der Waals surface area (Å²) in [5.41, 5.74) is 2.27. The third-order valence-electron chi connectivity index (χ3n) is 5.36. The summed E-state index contributed by atoms with van der Waals surface area (Å²) in [5, 5.41) is 3.02. The van der Waals surface area contributed by atoms with Crippen LogP contribution in [-0.4, -0.2) is 32.2 Å². The number of rotatable bonds is 14. The third-order valence-corrected chi connectivity index (χ3v) is 5.36. The van der Waals surface area contributed by atoms with E-state index < -0.39 is 5.97 Å². The summed E-state index contributed by atoms with van der Waals surface area (Å²) < 4.78 is 16.5. The highest BCUT2D eigenvalue weighted by Crippen LogP contribution is 2.25. The summed E-state index contributed by atoms with van der Waals surface area (Å²) in [6.45, 7) is 6.96. The fraction of sp³-hybridized carbons (Fsp3) is 0.481. The lowest BCUT2D eigenvalue weighted by Crippen LogP contribution is -2.27. The van der Waals surface area contributed by atoms with Crippen molar-refractivity contribution >= 4 is 11.9 Å². The molecule has 1 unspecified atom stereocenters. The van der Waals surface area contributed by atoms with Crippen molar-refractivity contribution in [1.82, 2.24) is 5.32 Å². The van der Waals surface area contributed by atoms with Gasteiger partial charge in [0, 0.05) is 6.42 Å². The second kappa shape index (κ2) is 14.2. The van der Waals surface area contributed by atoms with Crippen molar-refractivity contribution in [3.05, 3.63) is 59.2 Å². The number of nitrogens with one attached hydrogen (secondary N) is 1.